The van der Waals surface area contributed by atoms with Crippen molar-refractivity contribution < 1.29 is 36.5 Å². The predicted octanol–water partition coefficient (Wildman–Crippen LogP) is 6.84. The molecule has 212 valence electrons. The first kappa shape index (κ1) is 33.6. The van der Waals surface area contributed by atoms with E-state index in [9.17, 15) is 9.90 Å². The second-order valence-corrected chi connectivity index (χ2v) is 29.0. The molecule has 1 N–H and O–H groups in total. The molecule has 1 aromatic rings. The van der Waals surface area contributed by atoms with E-state index in [1.54, 1.807) is 18.2 Å². The lowest BCUT2D eigenvalue weighted by molar-refractivity contribution is -0.132. The van der Waals surface area contributed by atoms with E-state index >= 15 is 0 Å². The lowest BCUT2D eigenvalue weighted by Gasteiger charge is -2.43. The molecule has 37 heavy (non-hydrogen) atoms. The molecule has 0 fully saturated rings. The molecule has 0 aromatic heterocycles. The zero-order valence-electron chi connectivity index (χ0n) is 24.9. The molecule has 0 atom stereocenters. The molecule has 0 unspecified atom stereocenters. The van der Waals surface area contributed by atoms with Crippen molar-refractivity contribution in [2.24, 2.45) is 0 Å². The SMILES string of the molecule is COc1cc(C=C(CCCC[Si](O[Si](C)(C)C)(O[Si](C)(C)C)O[Si](C)(C)C)C(=O)O)cc(OC)c1OC. The van der Waals surface area contributed by atoms with Gasteiger partial charge >= 0.3 is 14.8 Å². The first-order chi connectivity index (χ1) is 16.8. The summed E-state index contributed by atoms with van der Waals surface area (Å²) in [5.41, 5.74) is 0.978. The highest BCUT2D eigenvalue weighted by molar-refractivity contribution is 6.90. The van der Waals surface area contributed by atoms with Gasteiger partial charge in [-0.1, -0.05) is 0 Å². The van der Waals surface area contributed by atoms with Gasteiger partial charge < -0.3 is 31.7 Å². The topological polar surface area (TPSA) is 92.7 Å². The Hall–Kier alpha value is -1.42. The Labute approximate surface area is 228 Å². The van der Waals surface area contributed by atoms with Crippen LogP contribution in [-0.4, -0.2) is 66.2 Å². The van der Waals surface area contributed by atoms with Gasteiger partial charge in [-0.3, -0.25) is 0 Å². The summed E-state index contributed by atoms with van der Waals surface area (Å²) in [7, 11) is -4.19. The van der Waals surface area contributed by atoms with Gasteiger partial charge in [-0.15, -0.1) is 0 Å². The van der Waals surface area contributed by atoms with Gasteiger partial charge in [-0.25, -0.2) is 4.79 Å². The standard InChI is InChI=1S/C25H48O8Si4/c1-28-22-18-20(19-23(29-2)24(22)30-3)17-21(25(26)27)15-13-14-16-37(31-34(4,5)6,32-35(7,8)9)33-36(10,11)12/h17-19H,13-16H2,1-12H3,(H,26,27). The fourth-order valence-corrected chi connectivity index (χ4v) is 18.6. The Morgan fingerprint density at radius 2 is 1.19 bits per heavy atom. The highest BCUT2D eigenvalue weighted by atomic mass is 28.5. The van der Waals surface area contributed by atoms with E-state index in [1.165, 1.54) is 21.3 Å². The monoisotopic (exact) mass is 588 g/mol. The van der Waals surface area contributed by atoms with Crippen molar-refractivity contribution in [3.8, 4) is 17.2 Å². The Kier molecular flexibility index (Phi) is 12.3. The van der Waals surface area contributed by atoms with E-state index in [2.05, 4.69) is 58.9 Å². The number of ether oxygens (including phenoxy) is 3. The van der Waals surface area contributed by atoms with E-state index in [4.69, 9.17) is 26.6 Å². The minimum absolute atomic E-state index is 0.310. The maximum absolute atomic E-state index is 12.1. The van der Waals surface area contributed by atoms with Gasteiger partial charge in [0.25, 0.3) is 0 Å². The minimum atomic E-state index is -2.94. The smallest absolute Gasteiger partial charge is 0.469 e. The van der Waals surface area contributed by atoms with Gasteiger partial charge in [0, 0.05) is 11.6 Å². The fourth-order valence-electron chi connectivity index (χ4n) is 3.90. The molecule has 0 aliphatic carbocycles. The molecule has 1 aromatic carbocycles. The average Bonchev–Trinajstić information content (AvgIpc) is 2.70. The normalized spacial score (nSPS) is 13.5. The molecule has 0 amide bonds. The van der Waals surface area contributed by atoms with Gasteiger partial charge in [-0.2, -0.15) is 0 Å². The summed E-state index contributed by atoms with van der Waals surface area (Å²) in [4.78, 5) is 12.1. The van der Waals surface area contributed by atoms with E-state index in [1.807, 2.05) is 0 Å². The molecule has 1 rings (SSSR count). The molecule has 0 bridgehead atoms. The quantitative estimate of drug-likeness (QED) is 0.127. The average molecular weight is 589 g/mol. The summed E-state index contributed by atoms with van der Waals surface area (Å²) in [5.74, 6) is 0.466. The summed E-state index contributed by atoms with van der Waals surface area (Å²) in [5, 5.41) is 9.90. The van der Waals surface area contributed by atoms with Crippen molar-refractivity contribution >= 4 is 45.8 Å². The number of unbranched alkanes of at least 4 members (excludes halogenated alkanes) is 1. The molecule has 8 nitrogen and oxygen atoms in total. The van der Waals surface area contributed by atoms with Gasteiger partial charge in [-0.05, 0) is 102 Å². The van der Waals surface area contributed by atoms with Gasteiger partial charge in [0.05, 0.1) is 21.3 Å². The van der Waals surface area contributed by atoms with Crippen LogP contribution in [0.3, 0.4) is 0 Å². The number of hydrogen-bond acceptors (Lipinski definition) is 7. The summed E-state index contributed by atoms with van der Waals surface area (Å²) in [6, 6.07) is 4.17. The van der Waals surface area contributed by atoms with Crippen LogP contribution in [0.2, 0.25) is 65.0 Å². The molecule has 0 heterocycles. The number of aliphatic carboxylic acids is 1. The van der Waals surface area contributed by atoms with Crippen molar-refractivity contribution in [3.63, 3.8) is 0 Å². The highest BCUT2D eigenvalue weighted by Gasteiger charge is 2.49. The van der Waals surface area contributed by atoms with Crippen molar-refractivity contribution in [3.05, 3.63) is 23.3 Å². The molecule has 0 saturated carbocycles. The van der Waals surface area contributed by atoms with E-state index in [0.717, 1.165) is 6.42 Å². The highest BCUT2D eigenvalue weighted by Crippen LogP contribution is 2.39. The molecule has 12 heteroatoms. The van der Waals surface area contributed by atoms with Gasteiger partial charge in [0.1, 0.15) is 0 Å². The van der Waals surface area contributed by atoms with Crippen LogP contribution >= 0.6 is 0 Å². The number of carboxylic acid groups (broad SMARTS) is 1. The third-order valence-electron chi connectivity index (χ3n) is 4.87. The van der Waals surface area contributed by atoms with Gasteiger partial charge in [0.15, 0.2) is 36.5 Å². The number of benzene rings is 1. The second kappa shape index (κ2) is 13.6. The third kappa shape index (κ3) is 12.3. The Balaban J connectivity index is 3.17. The molecule has 0 saturated heterocycles. The molecule has 0 radical (unpaired) electrons. The van der Waals surface area contributed by atoms with Gasteiger partial charge in [0.2, 0.25) is 5.75 Å². The number of hydrogen-bond donors (Lipinski definition) is 1. The van der Waals surface area contributed by atoms with Crippen LogP contribution in [0.1, 0.15) is 24.8 Å². The summed E-state index contributed by atoms with van der Waals surface area (Å²) in [6.07, 6.45) is 3.50. The Bertz CT molecular complexity index is 864. The molecular formula is C25H48O8Si4. The van der Waals surface area contributed by atoms with E-state index in [-0.39, 0.29) is 0 Å². The number of methoxy groups -OCH3 is 3. The van der Waals surface area contributed by atoms with Crippen LogP contribution in [0.5, 0.6) is 17.2 Å². The number of carboxylic acids is 1. The lowest BCUT2D eigenvalue weighted by atomic mass is 10.0. The second-order valence-electron chi connectivity index (χ2n) is 12.0. The van der Waals surface area contributed by atoms with E-state index in [0.29, 0.717) is 47.3 Å². The first-order valence-corrected chi connectivity index (χ1v) is 24.8. The molecular weight excluding hydrogens is 541 g/mol. The maximum Gasteiger partial charge on any atom is 0.469 e. The Morgan fingerprint density at radius 1 is 0.757 bits per heavy atom. The fraction of sp³-hybridized carbons (Fsp3) is 0.640. The minimum Gasteiger partial charge on any atom is -0.493 e. The van der Waals surface area contributed by atoms with Crippen LogP contribution in [0.25, 0.3) is 6.08 Å². The zero-order chi connectivity index (χ0) is 28.7. The van der Waals surface area contributed by atoms with E-state index < -0.39 is 39.7 Å². The van der Waals surface area contributed by atoms with Crippen LogP contribution in [-0.2, 0) is 17.1 Å². The molecule has 0 aliphatic rings. The summed E-state index contributed by atoms with van der Waals surface area (Å²) in [6.45, 7) is 19.5. The predicted molar refractivity (Wildman–Crippen MR) is 159 cm³/mol. The Morgan fingerprint density at radius 3 is 1.51 bits per heavy atom. The van der Waals surface area contributed by atoms with Crippen LogP contribution < -0.4 is 14.2 Å². The molecule has 0 aliphatic heterocycles. The molecule has 0 spiro atoms. The number of rotatable bonds is 16. The largest absolute Gasteiger partial charge is 0.493 e. The number of carbonyl (C=O) groups is 1. The van der Waals surface area contributed by atoms with Crippen LogP contribution in [0.4, 0.5) is 0 Å². The summed E-state index contributed by atoms with van der Waals surface area (Å²) < 4.78 is 36.4. The van der Waals surface area contributed by atoms with Crippen LogP contribution in [0, 0.1) is 0 Å². The maximum atomic E-state index is 12.1. The van der Waals surface area contributed by atoms with Crippen LogP contribution in [0.15, 0.2) is 17.7 Å². The first-order valence-electron chi connectivity index (χ1n) is 12.7. The van der Waals surface area contributed by atoms with Crippen molar-refractivity contribution in [1.82, 2.24) is 0 Å². The lowest BCUT2D eigenvalue weighted by Crippen LogP contribution is -2.60. The summed E-state index contributed by atoms with van der Waals surface area (Å²) >= 11 is 0. The van der Waals surface area contributed by atoms with Crippen molar-refractivity contribution in [2.75, 3.05) is 21.3 Å². The zero-order valence-corrected chi connectivity index (χ0v) is 28.9. The third-order valence-corrected chi connectivity index (χ3v) is 16.9. The van der Waals surface area contributed by atoms with Crippen molar-refractivity contribution in [2.45, 2.75) is 84.2 Å². The van der Waals surface area contributed by atoms with Crippen molar-refractivity contribution in [1.29, 1.82) is 0 Å².